The maximum absolute atomic E-state index is 14.7. The average molecular weight is 661 g/mol. The molecule has 3 saturated carbocycles. The number of rotatable bonds is 7. The fourth-order valence-electron chi connectivity index (χ4n) is 11.6. The van der Waals surface area contributed by atoms with Gasteiger partial charge < -0.3 is 14.2 Å². The van der Waals surface area contributed by atoms with Crippen molar-refractivity contribution in [2.75, 3.05) is 13.2 Å². The Kier molecular flexibility index (Phi) is 9.92. The Morgan fingerprint density at radius 3 is 2.35 bits per heavy atom. The van der Waals surface area contributed by atoms with Crippen LogP contribution in [0.5, 0.6) is 0 Å². The maximum atomic E-state index is 14.7. The molecule has 5 heteroatoms. The van der Waals surface area contributed by atoms with E-state index >= 15 is 0 Å². The predicted molar refractivity (Wildman–Crippen MR) is 191 cm³/mol. The third-order valence-corrected chi connectivity index (χ3v) is 15.1. The molecule has 0 bridgehead atoms. The van der Waals surface area contributed by atoms with Gasteiger partial charge in [-0.25, -0.2) is 0 Å². The summed E-state index contributed by atoms with van der Waals surface area (Å²) < 4.78 is 18.2. The van der Waals surface area contributed by atoms with Crippen LogP contribution >= 0.6 is 0 Å². The molecule has 6 rings (SSSR count). The lowest BCUT2D eigenvalue weighted by atomic mass is 9.36. The number of allylic oxidation sites excluding steroid dienone is 2. The van der Waals surface area contributed by atoms with Gasteiger partial charge in [0.15, 0.2) is 5.78 Å². The third-order valence-electron chi connectivity index (χ3n) is 15.1. The Bertz CT molecular complexity index is 1360. The second-order valence-electron chi connectivity index (χ2n) is 18.2. The van der Waals surface area contributed by atoms with Gasteiger partial charge in [-0.2, -0.15) is 0 Å². The Morgan fingerprint density at radius 1 is 0.938 bits per heavy atom. The number of hydrogen-bond acceptors (Lipinski definition) is 5. The first-order valence-corrected chi connectivity index (χ1v) is 19.4. The van der Waals surface area contributed by atoms with Crippen LogP contribution in [-0.4, -0.2) is 37.2 Å². The first-order valence-electron chi connectivity index (χ1n) is 19.4. The van der Waals surface area contributed by atoms with Gasteiger partial charge in [-0.3, -0.25) is 9.59 Å². The molecule has 0 N–H and O–H groups in total. The van der Waals surface area contributed by atoms with Gasteiger partial charge >= 0.3 is 5.97 Å². The van der Waals surface area contributed by atoms with Crippen LogP contribution in [0.25, 0.3) is 0 Å². The fourth-order valence-corrected chi connectivity index (χ4v) is 11.6. The number of hydrogen-bond donors (Lipinski definition) is 0. The maximum Gasteiger partial charge on any atom is 0.312 e. The van der Waals surface area contributed by atoms with Gasteiger partial charge in [0.05, 0.1) is 24.7 Å². The summed E-state index contributed by atoms with van der Waals surface area (Å²) in [6, 6.07) is 10.1. The minimum absolute atomic E-state index is 0.000313. The van der Waals surface area contributed by atoms with E-state index in [1.807, 2.05) is 37.3 Å². The minimum atomic E-state index is -0.596. The fraction of sp³-hybridized carbons (Fsp3) is 0.767. The van der Waals surface area contributed by atoms with E-state index in [9.17, 15) is 9.59 Å². The van der Waals surface area contributed by atoms with Crippen molar-refractivity contribution in [2.45, 2.75) is 151 Å². The lowest BCUT2D eigenvalue weighted by Gasteiger charge is -2.68. The summed E-state index contributed by atoms with van der Waals surface area (Å²) in [5.74, 6) is 1.27. The molecule has 1 aliphatic heterocycles. The molecule has 0 amide bonds. The van der Waals surface area contributed by atoms with Crippen molar-refractivity contribution in [1.82, 2.24) is 0 Å². The monoisotopic (exact) mass is 660 g/mol. The summed E-state index contributed by atoms with van der Waals surface area (Å²) in [6.45, 7) is 20.2. The second kappa shape index (κ2) is 13.3. The normalized spacial score (nSPS) is 41.8. The van der Waals surface area contributed by atoms with E-state index in [2.05, 4.69) is 54.5 Å². The number of esters is 1. The van der Waals surface area contributed by atoms with E-state index in [1.165, 1.54) is 18.4 Å². The second-order valence-corrected chi connectivity index (χ2v) is 18.2. The van der Waals surface area contributed by atoms with E-state index in [0.29, 0.717) is 24.2 Å². The first kappa shape index (κ1) is 35.8. The molecule has 1 saturated heterocycles. The van der Waals surface area contributed by atoms with Crippen LogP contribution in [0.3, 0.4) is 0 Å². The highest BCUT2D eigenvalue weighted by Crippen LogP contribution is 2.72. The first-order chi connectivity index (χ1) is 22.7. The molecule has 0 spiro atoms. The third kappa shape index (κ3) is 6.27. The van der Waals surface area contributed by atoms with Crippen LogP contribution in [0.15, 0.2) is 42.0 Å². The van der Waals surface area contributed by atoms with Crippen molar-refractivity contribution in [3.63, 3.8) is 0 Å². The topological polar surface area (TPSA) is 65.1 Å². The molecule has 1 aromatic rings. The van der Waals surface area contributed by atoms with Gasteiger partial charge in [0.1, 0.15) is 12.2 Å². The number of carbonyl (C=O) groups excluding carboxylic acids is 2. The number of epoxide rings is 1. The smallest absolute Gasteiger partial charge is 0.312 e. The van der Waals surface area contributed by atoms with Crippen LogP contribution in [0.1, 0.15) is 144 Å². The number of ether oxygens (including phenoxy) is 3. The van der Waals surface area contributed by atoms with Crippen molar-refractivity contribution in [3.8, 4) is 0 Å². The highest BCUT2D eigenvalue weighted by molar-refractivity contribution is 5.95. The Hall–Kier alpha value is -1.98. The number of fused-ring (bicyclic) bond motifs is 5. The number of carbonyl (C=O) groups is 2. The molecular formula is C43H64O5. The average Bonchev–Trinajstić information content (AvgIpc) is 3.88. The molecule has 10 atom stereocenters. The quantitative estimate of drug-likeness (QED) is 0.215. The minimum Gasteiger partial charge on any atom is -0.457 e. The van der Waals surface area contributed by atoms with Gasteiger partial charge in [0, 0.05) is 5.92 Å². The van der Waals surface area contributed by atoms with E-state index in [4.69, 9.17) is 14.2 Å². The summed E-state index contributed by atoms with van der Waals surface area (Å²) in [5.41, 5.74) is 1.42. The molecule has 4 aliphatic carbocycles. The molecule has 0 radical (unpaired) electrons. The molecule has 266 valence electrons. The molecule has 48 heavy (non-hydrogen) atoms. The van der Waals surface area contributed by atoms with Gasteiger partial charge in [-0.15, -0.1) is 0 Å². The van der Waals surface area contributed by atoms with Gasteiger partial charge in [-0.05, 0) is 117 Å². The predicted octanol–water partition coefficient (Wildman–Crippen LogP) is 10.2. The summed E-state index contributed by atoms with van der Waals surface area (Å²) >= 11 is 0. The van der Waals surface area contributed by atoms with Crippen LogP contribution in [0, 0.1) is 44.8 Å². The Morgan fingerprint density at radius 2 is 1.67 bits per heavy atom. The molecule has 2 unspecified atom stereocenters. The number of ketones is 1. The van der Waals surface area contributed by atoms with E-state index in [-0.39, 0.29) is 51.9 Å². The molecule has 4 fully saturated rings. The van der Waals surface area contributed by atoms with Crippen molar-refractivity contribution in [3.05, 3.63) is 47.5 Å². The highest BCUT2D eigenvalue weighted by Gasteiger charge is 2.68. The highest BCUT2D eigenvalue weighted by atomic mass is 16.6. The summed E-state index contributed by atoms with van der Waals surface area (Å²) in [6.07, 6.45) is 14.4. The molecular weight excluding hydrogens is 596 g/mol. The molecule has 5 nitrogen and oxygen atoms in total. The zero-order valence-corrected chi connectivity index (χ0v) is 31.4. The summed E-state index contributed by atoms with van der Waals surface area (Å²) in [5, 5.41) is 0. The van der Waals surface area contributed by atoms with Crippen molar-refractivity contribution < 1.29 is 23.8 Å². The van der Waals surface area contributed by atoms with Crippen molar-refractivity contribution >= 4 is 11.8 Å². The zero-order valence-electron chi connectivity index (χ0n) is 31.4. The SMILES string of the molecule is CC[C@@H]1CCC[C@]2(C)C(=CC(=O)[C@@H]3[C@@]4(C)CC[C@H](OCC5CO5)C(C)(C)[C@@H]4CC[C@]32C)CC[C@@](C)(C(=O)OC(C)c2ccccc2)CC1. The molecule has 0 aromatic heterocycles. The van der Waals surface area contributed by atoms with Crippen molar-refractivity contribution in [2.24, 2.45) is 44.8 Å². The standard InChI is InChI=1S/C43H64O5/c1-9-30-14-13-21-42(7)32(18-23-40(5,22-17-30)38(45)48-29(2)31-15-11-10-12-16-31)26-34(44)37-41(6)24-20-36(47-28-33-27-46-33)39(3,4)35(41)19-25-43(37,42)8/h10-12,15-16,26,29-30,33,35-37H,9,13-14,17-25,27-28H2,1-8H3/t29?,30-,33?,35+,36+,37-,40+,41+,42-,43-/m1/s1. The number of benzene rings is 1. The summed E-state index contributed by atoms with van der Waals surface area (Å²) in [7, 11) is 0. The van der Waals surface area contributed by atoms with Gasteiger partial charge in [0.2, 0.25) is 0 Å². The van der Waals surface area contributed by atoms with E-state index < -0.39 is 5.41 Å². The van der Waals surface area contributed by atoms with E-state index in [1.54, 1.807) is 0 Å². The van der Waals surface area contributed by atoms with Crippen LogP contribution < -0.4 is 0 Å². The zero-order chi connectivity index (χ0) is 34.5. The van der Waals surface area contributed by atoms with Gasteiger partial charge in [-0.1, -0.05) is 96.7 Å². The van der Waals surface area contributed by atoms with Crippen LogP contribution in [0.4, 0.5) is 0 Å². The van der Waals surface area contributed by atoms with Gasteiger partial charge in [0.25, 0.3) is 0 Å². The Labute approximate surface area is 291 Å². The van der Waals surface area contributed by atoms with E-state index in [0.717, 1.165) is 76.4 Å². The lowest BCUT2D eigenvalue weighted by Crippen LogP contribution is -2.65. The van der Waals surface area contributed by atoms with Crippen LogP contribution in [0.2, 0.25) is 0 Å². The summed E-state index contributed by atoms with van der Waals surface area (Å²) in [4.78, 5) is 28.8. The van der Waals surface area contributed by atoms with Crippen molar-refractivity contribution in [1.29, 1.82) is 0 Å². The molecule has 1 aromatic carbocycles. The lowest BCUT2D eigenvalue weighted by molar-refractivity contribution is -0.204. The largest absolute Gasteiger partial charge is 0.457 e. The Balaban J connectivity index is 1.30. The molecule has 1 heterocycles. The van der Waals surface area contributed by atoms with Crippen LogP contribution in [-0.2, 0) is 23.8 Å². The molecule has 5 aliphatic rings.